The third kappa shape index (κ3) is 2.37. The summed E-state index contributed by atoms with van der Waals surface area (Å²) < 4.78 is 6.68. The third-order valence-corrected chi connectivity index (χ3v) is 3.98. The van der Waals surface area contributed by atoms with Crippen LogP contribution in [-0.2, 0) is 7.05 Å². The topological polar surface area (TPSA) is 61.2 Å². The SMILES string of the molecule is Cc1cc(Cl)ccc1C(N)c1ccc2c(c1)oc(=O)n2C. The van der Waals surface area contributed by atoms with Gasteiger partial charge in [0.1, 0.15) is 0 Å². The van der Waals surface area contributed by atoms with Crippen molar-refractivity contribution < 1.29 is 4.42 Å². The molecule has 0 spiro atoms. The quantitative estimate of drug-likeness (QED) is 0.791. The molecule has 21 heavy (non-hydrogen) atoms. The number of benzene rings is 2. The molecule has 0 saturated heterocycles. The highest BCUT2D eigenvalue weighted by atomic mass is 35.5. The average Bonchev–Trinajstić information content (AvgIpc) is 2.73. The van der Waals surface area contributed by atoms with Gasteiger partial charge in [-0.1, -0.05) is 23.7 Å². The second-order valence-electron chi connectivity index (χ2n) is 5.13. The molecule has 0 fully saturated rings. The van der Waals surface area contributed by atoms with Crippen LogP contribution in [0.15, 0.2) is 45.6 Å². The Morgan fingerprint density at radius 2 is 2.00 bits per heavy atom. The van der Waals surface area contributed by atoms with Crippen molar-refractivity contribution in [3.05, 3.63) is 68.7 Å². The van der Waals surface area contributed by atoms with E-state index in [2.05, 4.69) is 0 Å². The molecule has 0 aliphatic carbocycles. The molecule has 1 atom stereocenters. The first-order chi connectivity index (χ1) is 9.97. The lowest BCUT2D eigenvalue weighted by atomic mass is 9.95. The fourth-order valence-corrected chi connectivity index (χ4v) is 2.74. The van der Waals surface area contributed by atoms with Gasteiger partial charge in [-0.15, -0.1) is 0 Å². The van der Waals surface area contributed by atoms with Crippen LogP contribution in [0.25, 0.3) is 11.1 Å². The lowest BCUT2D eigenvalue weighted by Gasteiger charge is -2.15. The number of hydrogen-bond acceptors (Lipinski definition) is 3. The molecule has 1 heterocycles. The van der Waals surface area contributed by atoms with Crippen molar-refractivity contribution in [3.8, 4) is 0 Å². The molecule has 0 aliphatic heterocycles. The van der Waals surface area contributed by atoms with Crippen molar-refractivity contribution in [1.82, 2.24) is 4.57 Å². The zero-order chi connectivity index (χ0) is 15.1. The largest absolute Gasteiger partial charge is 0.419 e. The van der Waals surface area contributed by atoms with Gasteiger partial charge in [0, 0.05) is 12.1 Å². The number of hydrogen-bond donors (Lipinski definition) is 1. The Bertz CT molecular complexity index is 880. The predicted molar refractivity (Wildman–Crippen MR) is 83.7 cm³/mol. The van der Waals surface area contributed by atoms with E-state index in [1.165, 1.54) is 4.57 Å². The Morgan fingerprint density at radius 1 is 1.24 bits per heavy atom. The van der Waals surface area contributed by atoms with Crippen molar-refractivity contribution in [1.29, 1.82) is 0 Å². The van der Waals surface area contributed by atoms with E-state index in [9.17, 15) is 4.79 Å². The van der Waals surface area contributed by atoms with E-state index in [0.717, 1.165) is 22.2 Å². The Kier molecular flexibility index (Phi) is 3.35. The number of aromatic nitrogens is 1. The molecule has 3 aromatic rings. The molecule has 5 heteroatoms. The standard InChI is InChI=1S/C16H15ClN2O2/c1-9-7-11(17)4-5-12(9)15(18)10-3-6-13-14(8-10)21-16(20)19(13)2/h3-8,15H,18H2,1-2H3. The molecule has 108 valence electrons. The van der Waals surface area contributed by atoms with Gasteiger partial charge in [-0.2, -0.15) is 0 Å². The van der Waals surface area contributed by atoms with Gasteiger partial charge < -0.3 is 10.2 Å². The van der Waals surface area contributed by atoms with E-state index in [1.807, 2.05) is 43.3 Å². The summed E-state index contributed by atoms with van der Waals surface area (Å²) in [4.78, 5) is 11.5. The Morgan fingerprint density at radius 3 is 2.71 bits per heavy atom. The molecular weight excluding hydrogens is 288 g/mol. The van der Waals surface area contributed by atoms with Crippen LogP contribution in [0.5, 0.6) is 0 Å². The molecule has 1 unspecified atom stereocenters. The maximum absolute atomic E-state index is 11.5. The lowest BCUT2D eigenvalue weighted by Crippen LogP contribution is -2.13. The molecular formula is C16H15ClN2O2. The van der Waals surface area contributed by atoms with Gasteiger partial charge in [-0.25, -0.2) is 4.79 Å². The molecule has 3 rings (SSSR count). The summed E-state index contributed by atoms with van der Waals surface area (Å²) in [5, 5.41) is 0.688. The molecule has 4 nitrogen and oxygen atoms in total. The second kappa shape index (κ2) is 5.06. The molecule has 0 saturated carbocycles. The minimum absolute atomic E-state index is 0.294. The highest BCUT2D eigenvalue weighted by molar-refractivity contribution is 6.30. The molecule has 0 aliphatic rings. The van der Waals surface area contributed by atoms with Crippen LogP contribution in [0.3, 0.4) is 0 Å². The van der Waals surface area contributed by atoms with Gasteiger partial charge in [0.2, 0.25) is 0 Å². The zero-order valence-corrected chi connectivity index (χ0v) is 12.5. The van der Waals surface area contributed by atoms with Crippen molar-refractivity contribution in [2.75, 3.05) is 0 Å². The highest BCUT2D eigenvalue weighted by Crippen LogP contribution is 2.27. The number of rotatable bonds is 2. The summed E-state index contributed by atoms with van der Waals surface area (Å²) in [7, 11) is 1.68. The molecule has 1 aromatic heterocycles. The zero-order valence-electron chi connectivity index (χ0n) is 11.8. The molecule has 2 aromatic carbocycles. The Labute approximate surface area is 126 Å². The number of nitrogens with two attached hydrogens (primary N) is 1. The normalized spacial score (nSPS) is 12.8. The summed E-state index contributed by atoms with van der Waals surface area (Å²) >= 11 is 5.97. The van der Waals surface area contributed by atoms with E-state index in [-0.39, 0.29) is 11.8 Å². The van der Waals surface area contributed by atoms with Crippen LogP contribution < -0.4 is 11.5 Å². The fourth-order valence-electron chi connectivity index (χ4n) is 2.51. The highest BCUT2D eigenvalue weighted by Gasteiger charge is 2.14. The minimum Gasteiger partial charge on any atom is -0.408 e. The number of oxazole rings is 1. The van der Waals surface area contributed by atoms with Gasteiger partial charge in [0.25, 0.3) is 0 Å². The summed E-state index contributed by atoms with van der Waals surface area (Å²) in [5.41, 5.74) is 10.6. The van der Waals surface area contributed by atoms with Crippen LogP contribution in [0, 0.1) is 6.92 Å². The van der Waals surface area contributed by atoms with E-state index >= 15 is 0 Å². The third-order valence-electron chi connectivity index (χ3n) is 3.74. The van der Waals surface area contributed by atoms with Gasteiger partial charge in [0.15, 0.2) is 5.58 Å². The summed E-state index contributed by atoms with van der Waals surface area (Å²) in [6.45, 7) is 1.97. The first kappa shape index (κ1) is 13.9. The molecule has 2 N–H and O–H groups in total. The maximum atomic E-state index is 11.5. The number of fused-ring (bicyclic) bond motifs is 1. The van der Waals surface area contributed by atoms with Crippen LogP contribution in [-0.4, -0.2) is 4.57 Å². The summed E-state index contributed by atoms with van der Waals surface area (Å²) in [6, 6.07) is 10.9. The lowest BCUT2D eigenvalue weighted by molar-refractivity contribution is 0.527. The van der Waals surface area contributed by atoms with E-state index in [4.69, 9.17) is 21.8 Å². The van der Waals surface area contributed by atoms with E-state index in [0.29, 0.717) is 10.6 Å². The number of nitrogens with zero attached hydrogens (tertiary/aromatic N) is 1. The molecule has 0 bridgehead atoms. The fraction of sp³-hybridized carbons (Fsp3) is 0.188. The van der Waals surface area contributed by atoms with Crippen LogP contribution >= 0.6 is 11.6 Å². The Balaban J connectivity index is 2.09. The maximum Gasteiger partial charge on any atom is 0.419 e. The van der Waals surface area contributed by atoms with Gasteiger partial charge >= 0.3 is 5.76 Å². The summed E-state index contributed by atoms with van der Waals surface area (Å²) in [6.07, 6.45) is 0. The smallest absolute Gasteiger partial charge is 0.408 e. The van der Waals surface area contributed by atoms with Gasteiger partial charge in [-0.05, 0) is 47.9 Å². The van der Waals surface area contributed by atoms with Crippen molar-refractivity contribution >= 4 is 22.7 Å². The monoisotopic (exact) mass is 302 g/mol. The Hall–Kier alpha value is -2.04. The van der Waals surface area contributed by atoms with Crippen molar-refractivity contribution in [2.45, 2.75) is 13.0 Å². The van der Waals surface area contributed by atoms with Gasteiger partial charge in [0.05, 0.1) is 11.6 Å². The van der Waals surface area contributed by atoms with Crippen LogP contribution in [0.2, 0.25) is 5.02 Å². The number of halogens is 1. The van der Waals surface area contributed by atoms with E-state index < -0.39 is 0 Å². The van der Waals surface area contributed by atoms with Gasteiger partial charge in [-0.3, -0.25) is 4.57 Å². The van der Waals surface area contributed by atoms with Crippen LogP contribution in [0.1, 0.15) is 22.7 Å². The first-order valence-electron chi connectivity index (χ1n) is 6.58. The summed E-state index contributed by atoms with van der Waals surface area (Å²) in [5.74, 6) is -0.376. The molecule has 0 amide bonds. The minimum atomic E-state index is -0.376. The molecule has 0 radical (unpaired) electrons. The first-order valence-corrected chi connectivity index (χ1v) is 6.96. The average molecular weight is 303 g/mol. The predicted octanol–water partition coefficient (Wildman–Crippen LogP) is 3.14. The van der Waals surface area contributed by atoms with Crippen molar-refractivity contribution in [2.24, 2.45) is 12.8 Å². The van der Waals surface area contributed by atoms with Crippen LogP contribution in [0.4, 0.5) is 0 Å². The second-order valence-corrected chi connectivity index (χ2v) is 5.57. The van der Waals surface area contributed by atoms with Crippen molar-refractivity contribution in [3.63, 3.8) is 0 Å². The van der Waals surface area contributed by atoms with E-state index in [1.54, 1.807) is 7.05 Å². The number of aryl methyl sites for hydroxylation is 2.